The number of piperazine rings is 1. The normalized spacial score (nSPS) is 19.9. The minimum absolute atomic E-state index is 0.133. The van der Waals surface area contributed by atoms with E-state index in [0.29, 0.717) is 6.54 Å². The van der Waals surface area contributed by atoms with Crippen molar-refractivity contribution in [3.63, 3.8) is 0 Å². The lowest BCUT2D eigenvalue weighted by Crippen LogP contribution is -3.28. The number of carbonyl (C=O) groups excluding carboxylic acids is 1. The van der Waals surface area contributed by atoms with Crippen LogP contribution in [0, 0.1) is 4.77 Å². The maximum Gasteiger partial charge on any atom is 0.275 e. The van der Waals surface area contributed by atoms with Gasteiger partial charge in [-0.05, 0) is 38.6 Å². The van der Waals surface area contributed by atoms with E-state index in [2.05, 4.69) is 29.6 Å². The fraction of sp³-hybridized carbons (Fsp3) is 0.571. The molecule has 1 fully saturated rings. The molecule has 7 nitrogen and oxygen atoms in total. The van der Waals surface area contributed by atoms with Gasteiger partial charge in [0.05, 0.1) is 0 Å². The van der Waals surface area contributed by atoms with Crippen LogP contribution in [0.25, 0.3) is 0 Å². The number of quaternary nitrogens is 2. The van der Waals surface area contributed by atoms with Crippen molar-refractivity contribution in [2.24, 2.45) is 7.05 Å². The SMILES string of the molecule is Cn1c(Cc2ccccc2)nn(C[NH+]2CC[NH+](CC(=O)NC(C)(C)C)CC2)c1=S. The Balaban J connectivity index is 1.53. The van der Waals surface area contributed by atoms with E-state index in [9.17, 15) is 4.79 Å². The Bertz CT molecular complexity index is 875. The average Bonchev–Trinajstić information content (AvgIpc) is 2.90. The molecule has 0 radical (unpaired) electrons. The van der Waals surface area contributed by atoms with Crippen LogP contribution in [0.2, 0.25) is 0 Å². The Labute approximate surface area is 178 Å². The second-order valence-corrected chi connectivity index (χ2v) is 9.42. The van der Waals surface area contributed by atoms with Crippen molar-refractivity contribution in [3.05, 3.63) is 46.5 Å². The number of amides is 1. The molecule has 0 saturated carbocycles. The summed E-state index contributed by atoms with van der Waals surface area (Å²) in [5.74, 6) is 1.12. The zero-order valence-electron chi connectivity index (χ0n) is 18.0. The van der Waals surface area contributed by atoms with Gasteiger partial charge in [-0.3, -0.25) is 4.79 Å². The molecule has 1 amide bonds. The zero-order chi connectivity index (χ0) is 21.0. The molecule has 3 N–H and O–H groups in total. The Hall–Kier alpha value is -2.03. The molecule has 0 spiro atoms. The number of carbonyl (C=O) groups is 1. The van der Waals surface area contributed by atoms with Crippen molar-refractivity contribution in [3.8, 4) is 0 Å². The van der Waals surface area contributed by atoms with Gasteiger partial charge in [-0.1, -0.05) is 30.3 Å². The molecular formula is C21H34N6OS+2. The number of nitrogens with one attached hydrogen (secondary N) is 3. The lowest BCUT2D eigenvalue weighted by Gasteiger charge is -2.30. The lowest BCUT2D eigenvalue weighted by atomic mass is 10.1. The first-order valence-corrected chi connectivity index (χ1v) is 10.8. The summed E-state index contributed by atoms with van der Waals surface area (Å²) in [5.41, 5.74) is 1.07. The fourth-order valence-electron chi connectivity index (χ4n) is 3.76. The van der Waals surface area contributed by atoms with Crippen molar-refractivity contribution in [2.75, 3.05) is 32.7 Å². The van der Waals surface area contributed by atoms with Crippen LogP contribution in [0.3, 0.4) is 0 Å². The van der Waals surface area contributed by atoms with E-state index in [1.54, 1.807) is 0 Å². The molecule has 0 unspecified atom stereocenters. The molecule has 1 aliphatic rings. The quantitative estimate of drug-likeness (QED) is 0.538. The van der Waals surface area contributed by atoms with Gasteiger partial charge in [0.25, 0.3) is 5.91 Å². The van der Waals surface area contributed by atoms with Gasteiger partial charge in [-0.25, -0.2) is 0 Å². The molecule has 8 heteroatoms. The minimum Gasteiger partial charge on any atom is -0.347 e. The van der Waals surface area contributed by atoms with Crippen LogP contribution in [0.4, 0.5) is 0 Å². The molecule has 1 saturated heterocycles. The molecular weight excluding hydrogens is 384 g/mol. The molecule has 1 aliphatic heterocycles. The number of nitrogens with zero attached hydrogens (tertiary/aromatic N) is 3. The largest absolute Gasteiger partial charge is 0.347 e. The predicted octanol–water partition coefficient (Wildman–Crippen LogP) is -0.803. The van der Waals surface area contributed by atoms with E-state index in [0.717, 1.165) is 49.9 Å². The van der Waals surface area contributed by atoms with Crippen molar-refractivity contribution in [1.29, 1.82) is 0 Å². The number of rotatable bonds is 6. The van der Waals surface area contributed by atoms with Gasteiger partial charge < -0.3 is 19.7 Å². The van der Waals surface area contributed by atoms with Crippen LogP contribution in [-0.2, 0) is 24.9 Å². The summed E-state index contributed by atoms with van der Waals surface area (Å²) < 4.78 is 4.74. The predicted molar refractivity (Wildman–Crippen MR) is 115 cm³/mol. The van der Waals surface area contributed by atoms with Crippen LogP contribution in [-0.4, -0.2) is 58.5 Å². The summed E-state index contributed by atoms with van der Waals surface area (Å²) in [6.45, 7) is 11.4. The van der Waals surface area contributed by atoms with E-state index in [1.165, 1.54) is 15.4 Å². The van der Waals surface area contributed by atoms with Gasteiger partial charge in [0.2, 0.25) is 4.77 Å². The van der Waals surface area contributed by atoms with Crippen LogP contribution < -0.4 is 15.1 Å². The van der Waals surface area contributed by atoms with Gasteiger partial charge in [0.15, 0.2) is 13.2 Å². The second-order valence-electron chi connectivity index (χ2n) is 9.05. The first-order valence-electron chi connectivity index (χ1n) is 10.4. The lowest BCUT2D eigenvalue weighted by molar-refractivity contribution is -1.02. The van der Waals surface area contributed by atoms with Gasteiger partial charge in [-0.2, -0.15) is 9.78 Å². The summed E-state index contributed by atoms with van der Waals surface area (Å²) in [6, 6.07) is 10.4. The average molecular weight is 419 g/mol. The highest BCUT2D eigenvalue weighted by Gasteiger charge is 2.26. The maximum absolute atomic E-state index is 12.2. The standard InChI is InChI=1S/C21H32N6OS/c1-21(2,3)22-19(28)15-25-10-12-26(13-11-25)16-27-20(29)24(4)18(23-27)14-17-8-6-5-7-9-17/h5-9H,10-16H2,1-4H3,(H,22,28)/p+2. The molecule has 1 aromatic carbocycles. The van der Waals surface area contributed by atoms with Crippen LogP contribution in [0.1, 0.15) is 32.2 Å². The smallest absolute Gasteiger partial charge is 0.275 e. The van der Waals surface area contributed by atoms with Gasteiger partial charge in [0, 0.05) is 19.0 Å². The van der Waals surface area contributed by atoms with Gasteiger partial charge in [0.1, 0.15) is 32.0 Å². The van der Waals surface area contributed by atoms with E-state index in [-0.39, 0.29) is 11.4 Å². The Morgan fingerprint density at radius 2 is 1.76 bits per heavy atom. The number of hydrogen-bond acceptors (Lipinski definition) is 3. The molecule has 1 aromatic heterocycles. The van der Waals surface area contributed by atoms with Crippen molar-refractivity contribution in [2.45, 2.75) is 39.4 Å². The van der Waals surface area contributed by atoms with Crippen LogP contribution in [0.15, 0.2) is 30.3 Å². The minimum atomic E-state index is -0.170. The van der Waals surface area contributed by atoms with Crippen LogP contribution in [0.5, 0.6) is 0 Å². The zero-order valence-corrected chi connectivity index (χ0v) is 18.8. The van der Waals surface area contributed by atoms with Gasteiger partial charge >= 0.3 is 0 Å². The van der Waals surface area contributed by atoms with Crippen LogP contribution >= 0.6 is 12.2 Å². The highest BCUT2D eigenvalue weighted by molar-refractivity contribution is 7.71. The second kappa shape index (κ2) is 9.19. The number of hydrogen-bond donors (Lipinski definition) is 3. The third-order valence-electron chi connectivity index (χ3n) is 5.30. The summed E-state index contributed by atoms with van der Waals surface area (Å²) in [7, 11) is 2.00. The topological polar surface area (TPSA) is 60.7 Å². The third kappa shape index (κ3) is 6.22. The van der Waals surface area contributed by atoms with E-state index in [1.807, 2.05) is 43.1 Å². The van der Waals surface area contributed by atoms with E-state index >= 15 is 0 Å². The molecule has 0 aliphatic carbocycles. The summed E-state index contributed by atoms with van der Waals surface area (Å²) in [5, 5.41) is 7.85. The van der Waals surface area contributed by atoms with Crippen molar-refractivity contribution in [1.82, 2.24) is 19.7 Å². The third-order valence-corrected chi connectivity index (χ3v) is 5.78. The van der Waals surface area contributed by atoms with Crippen molar-refractivity contribution >= 4 is 18.1 Å². The number of aromatic nitrogens is 3. The first-order chi connectivity index (χ1) is 13.7. The Morgan fingerprint density at radius 3 is 2.38 bits per heavy atom. The molecule has 158 valence electrons. The number of benzene rings is 1. The molecule has 3 rings (SSSR count). The molecule has 2 heterocycles. The molecule has 0 bridgehead atoms. The Kier molecular flexibility index (Phi) is 6.87. The summed E-state index contributed by atoms with van der Waals surface area (Å²) in [4.78, 5) is 15.0. The highest BCUT2D eigenvalue weighted by atomic mass is 32.1. The van der Waals surface area contributed by atoms with Gasteiger partial charge in [-0.15, -0.1) is 0 Å². The highest BCUT2D eigenvalue weighted by Crippen LogP contribution is 2.07. The maximum atomic E-state index is 12.2. The summed E-state index contributed by atoms with van der Waals surface area (Å²) in [6.07, 6.45) is 0.782. The molecule has 29 heavy (non-hydrogen) atoms. The van der Waals surface area contributed by atoms with E-state index in [4.69, 9.17) is 17.3 Å². The monoisotopic (exact) mass is 418 g/mol. The Morgan fingerprint density at radius 1 is 1.14 bits per heavy atom. The first kappa shape index (κ1) is 21.7. The van der Waals surface area contributed by atoms with E-state index < -0.39 is 0 Å². The van der Waals surface area contributed by atoms with Crippen molar-refractivity contribution < 1.29 is 14.6 Å². The molecule has 2 aromatic rings. The summed E-state index contributed by atoms with van der Waals surface area (Å²) >= 11 is 5.62. The molecule has 0 atom stereocenters. The fourth-order valence-corrected chi connectivity index (χ4v) is 3.97.